The van der Waals surface area contributed by atoms with Crippen LogP contribution in [0.5, 0.6) is 0 Å². The van der Waals surface area contributed by atoms with Gasteiger partial charge in [0.2, 0.25) is 5.91 Å². The van der Waals surface area contributed by atoms with Crippen molar-refractivity contribution in [1.82, 2.24) is 10.2 Å². The van der Waals surface area contributed by atoms with Crippen LogP contribution in [0.3, 0.4) is 0 Å². The SMILES string of the molecule is CCN(CC1CCOC1)C(=O)C1CC(O)CN1. The van der Waals surface area contributed by atoms with E-state index in [4.69, 9.17) is 4.74 Å². The number of hydrogen-bond donors (Lipinski definition) is 2. The van der Waals surface area contributed by atoms with E-state index in [1.807, 2.05) is 11.8 Å². The first-order valence-corrected chi connectivity index (χ1v) is 6.48. The molecule has 1 amide bonds. The van der Waals surface area contributed by atoms with Crippen molar-refractivity contribution >= 4 is 5.91 Å². The number of nitrogens with zero attached hydrogens (tertiary/aromatic N) is 1. The molecule has 5 nitrogen and oxygen atoms in total. The van der Waals surface area contributed by atoms with Crippen LogP contribution in [0.25, 0.3) is 0 Å². The Hall–Kier alpha value is -0.650. The molecule has 0 aliphatic carbocycles. The quantitative estimate of drug-likeness (QED) is 0.704. The number of likely N-dealkylation sites (N-methyl/N-ethyl adjacent to an activating group) is 1. The minimum Gasteiger partial charge on any atom is -0.392 e. The minimum atomic E-state index is -0.377. The van der Waals surface area contributed by atoms with Crippen molar-refractivity contribution in [3.63, 3.8) is 0 Å². The summed E-state index contributed by atoms with van der Waals surface area (Å²) >= 11 is 0. The molecule has 3 atom stereocenters. The number of hydrogen-bond acceptors (Lipinski definition) is 4. The molecule has 17 heavy (non-hydrogen) atoms. The van der Waals surface area contributed by atoms with Gasteiger partial charge in [0.1, 0.15) is 0 Å². The fraction of sp³-hybridized carbons (Fsp3) is 0.917. The number of rotatable bonds is 4. The van der Waals surface area contributed by atoms with E-state index in [2.05, 4.69) is 5.32 Å². The second-order valence-electron chi connectivity index (χ2n) is 4.96. The fourth-order valence-electron chi connectivity index (χ4n) is 2.54. The van der Waals surface area contributed by atoms with E-state index in [1.54, 1.807) is 0 Å². The Morgan fingerprint density at radius 2 is 2.41 bits per heavy atom. The molecule has 2 aliphatic rings. The van der Waals surface area contributed by atoms with Crippen LogP contribution in [-0.4, -0.2) is 60.9 Å². The summed E-state index contributed by atoms with van der Waals surface area (Å²) < 4.78 is 5.33. The maximum absolute atomic E-state index is 12.2. The molecule has 0 aromatic carbocycles. The Balaban J connectivity index is 1.86. The molecule has 2 saturated heterocycles. The van der Waals surface area contributed by atoms with E-state index in [9.17, 15) is 9.90 Å². The smallest absolute Gasteiger partial charge is 0.239 e. The van der Waals surface area contributed by atoms with E-state index in [0.29, 0.717) is 18.9 Å². The van der Waals surface area contributed by atoms with Gasteiger partial charge in [0.05, 0.1) is 18.8 Å². The number of carbonyl (C=O) groups is 1. The molecule has 2 aliphatic heterocycles. The van der Waals surface area contributed by atoms with E-state index in [0.717, 1.165) is 32.7 Å². The van der Waals surface area contributed by atoms with Crippen molar-refractivity contribution in [2.24, 2.45) is 5.92 Å². The van der Waals surface area contributed by atoms with Crippen LogP contribution in [-0.2, 0) is 9.53 Å². The summed E-state index contributed by atoms with van der Waals surface area (Å²) in [5, 5.41) is 12.5. The molecule has 3 unspecified atom stereocenters. The molecule has 2 heterocycles. The number of aliphatic hydroxyl groups excluding tert-OH is 1. The van der Waals surface area contributed by atoms with Crippen LogP contribution in [0.4, 0.5) is 0 Å². The van der Waals surface area contributed by atoms with Gasteiger partial charge in [-0.3, -0.25) is 4.79 Å². The highest BCUT2D eigenvalue weighted by Crippen LogP contribution is 2.16. The summed E-state index contributed by atoms with van der Waals surface area (Å²) in [6.07, 6.45) is 1.21. The van der Waals surface area contributed by atoms with Crippen molar-refractivity contribution in [2.45, 2.75) is 31.9 Å². The third-order valence-corrected chi connectivity index (χ3v) is 3.60. The Kier molecular flexibility index (Phi) is 4.36. The average Bonchev–Trinajstić information content (AvgIpc) is 2.96. The Bertz CT molecular complexity index is 266. The zero-order chi connectivity index (χ0) is 12.3. The number of β-amino-alcohol motifs (C(OH)–C–C–N with tert-alkyl or cyclic N) is 1. The summed E-state index contributed by atoms with van der Waals surface area (Å²) in [5.74, 6) is 0.598. The summed E-state index contributed by atoms with van der Waals surface area (Å²) in [6.45, 7) is 5.62. The first kappa shape index (κ1) is 12.8. The van der Waals surface area contributed by atoms with Gasteiger partial charge in [-0.25, -0.2) is 0 Å². The molecule has 0 aromatic heterocycles. The molecule has 2 fully saturated rings. The lowest BCUT2D eigenvalue weighted by atomic mass is 10.1. The van der Waals surface area contributed by atoms with E-state index in [-0.39, 0.29) is 18.1 Å². The van der Waals surface area contributed by atoms with Crippen molar-refractivity contribution in [2.75, 3.05) is 32.8 Å². The van der Waals surface area contributed by atoms with Crippen molar-refractivity contribution < 1.29 is 14.6 Å². The molecule has 0 bridgehead atoms. The van der Waals surface area contributed by atoms with E-state index < -0.39 is 0 Å². The second-order valence-corrected chi connectivity index (χ2v) is 4.96. The molecule has 0 saturated carbocycles. The number of nitrogens with one attached hydrogen (secondary N) is 1. The first-order chi connectivity index (χ1) is 8.20. The summed E-state index contributed by atoms with van der Waals surface area (Å²) in [4.78, 5) is 14.1. The molecule has 2 rings (SSSR count). The summed E-state index contributed by atoms with van der Waals surface area (Å²) in [5.41, 5.74) is 0. The van der Waals surface area contributed by atoms with Crippen molar-refractivity contribution in [1.29, 1.82) is 0 Å². The number of carbonyl (C=O) groups excluding carboxylic acids is 1. The predicted molar refractivity (Wildman–Crippen MR) is 63.6 cm³/mol. The Morgan fingerprint density at radius 3 is 2.94 bits per heavy atom. The lowest BCUT2D eigenvalue weighted by Crippen LogP contribution is -2.45. The highest BCUT2D eigenvalue weighted by molar-refractivity contribution is 5.82. The number of aliphatic hydroxyl groups is 1. The van der Waals surface area contributed by atoms with Crippen LogP contribution in [0, 0.1) is 5.92 Å². The molecular formula is C12H22N2O3. The topological polar surface area (TPSA) is 61.8 Å². The zero-order valence-corrected chi connectivity index (χ0v) is 10.4. The van der Waals surface area contributed by atoms with Gasteiger partial charge in [0, 0.05) is 32.2 Å². The Morgan fingerprint density at radius 1 is 1.59 bits per heavy atom. The van der Waals surface area contributed by atoms with E-state index >= 15 is 0 Å². The zero-order valence-electron chi connectivity index (χ0n) is 10.4. The fourth-order valence-corrected chi connectivity index (χ4v) is 2.54. The molecular weight excluding hydrogens is 220 g/mol. The van der Waals surface area contributed by atoms with Crippen molar-refractivity contribution in [3.05, 3.63) is 0 Å². The molecule has 2 N–H and O–H groups in total. The van der Waals surface area contributed by atoms with Gasteiger partial charge in [-0.15, -0.1) is 0 Å². The van der Waals surface area contributed by atoms with Gasteiger partial charge in [0.15, 0.2) is 0 Å². The van der Waals surface area contributed by atoms with Crippen LogP contribution < -0.4 is 5.32 Å². The maximum atomic E-state index is 12.2. The maximum Gasteiger partial charge on any atom is 0.239 e. The third-order valence-electron chi connectivity index (χ3n) is 3.60. The van der Waals surface area contributed by atoms with Crippen molar-refractivity contribution in [3.8, 4) is 0 Å². The average molecular weight is 242 g/mol. The molecule has 98 valence electrons. The highest BCUT2D eigenvalue weighted by atomic mass is 16.5. The number of amides is 1. The van der Waals surface area contributed by atoms with Gasteiger partial charge in [-0.05, 0) is 19.8 Å². The largest absolute Gasteiger partial charge is 0.392 e. The summed E-state index contributed by atoms with van der Waals surface area (Å²) in [7, 11) is 0. The van der Waals surface area contributed by atoms with Gasteiger partial charge < -0.3 is 20.1 Å². The highest BCUT2D eigenvalue weighted by Gasteiger charge is 2.32. The first-order valence-electron chi connectivity index (χ1n) is 6.48. The van der Waals surface area contributed by atoms with Crippen LogP contribution >= 0.6 is 0 Å². The second kappa shape index (κ2) is 5.80. The van der Waals surface area contributed by atoms with Gasteiger partial charge in [0.25, 0.3) is 0 Å². The third kappa shape index (κ3) is 3.18. The number of ether oxygens (including phenoxy) is 1. The van der Waals surface area contributed by atoms with Gasteiger partial charge >= 0.3 is 0 Å². The lowest BCUT2D eigenvalue weighted by Gasteiger charge is -2.26. The summed E-state index contributed by atoms with van der Waals surface area (Å²) in [6, 6.07) is -0.202. The molecule has 0 spiro atoms. The van der Waals surface area contributed by atoms with Gasteiger partial charge in [-0.1, -0.05) is 0 Å². The normalized spacial score (nSPS) is 32.9. The molecule has 0 aromatic rings. The Labute approximate surface area is 102 Å². The molecule has 5 heteroatoms. The van der Waals surface area contributed by atoms with Gasteiger partial charge in [-0.2, -0.15) is 0 Å². The van der Waals surface area contributed by atoms with E-state index in [1.165, 1.54) is 0 Å². The lowest BCUT2D eigenvalue weighted by molar-refractivity contribution is -0.133. The van der Waals surface area contributed by atoms with Crippen LogP contribution in [0.1, 0.15) is 19.8 Å². The van der Waals surface area contributed by atoms with Crippen LogP contribution in [0.15, 0.2) is 0 Å². The monoisotopic (exact) mass is 242 g/mol. The minimum absolute atomic E-state index is 0.121. The molecule has 0 radical (unpaired) electrons. The predicted octanol–water partition coefficient (Wildman–Crippen LogP) is -0.406. The van der Waals surface area contributed by atoms with Crippen LogP contribution in [0.2, 0.25) is 0 Å². The standard InChI is InChI=1S/C12H22N2O3/c1-2-14(7-9-3-4-17-8-9)12(16)11-5-10(15)6-13-11/h9-11,13,15H,2-8H2,1H3.